The molecule has 3 N–H and O–H groups in total. The number of halogens is 1. The fourth-order valence-corrected chi connectivity index (χ4v) is 7.06. The number of morpholine rings is 1. The summed E-state index contributed by atoms with van der Waals surface area (Å²) in [5, 5.41) is 8.58. The molecular formula is C23H33BrN6O. The molecule has 1 saturated heterocycles. The van der Waals surface area contributed by atoms with Gasteiger partial charge in [0.05, 0.1) is 29.6 Å². The van der Waals surface area contributed by atoms with Gasteiger partial charge in [-0.05, 0) is 60.4 Å². The fraction of sp³-hybridized carbons (Fsp3) is 0.739. The number of ether oxygens (including phenoxy) is 1. The minimum atomic E-state index is 0.210. The van der Waals surface area contributed by atoms with Gasteiger partial charge >= 0.3 is 0 Å². The van der Waals surface area contributed by atoms with Crippen LogP contribution < -0.4 is 11.1 Å². The van der Waals surface area contributed by atoms with Crippen LogP contribution in [0, 0.1) is 5.92 Å². The lowest BCUT2D eigenvalue weighted by molar-refractivity contribution is 0.0246. The third-order valence-corrected chi connectivity index (χ3v) is 8.86. The second-order valence-corrected chi connectivity index (χ2v) is 11.0. The number of anilines is 1. The summed E-state index contributed by atoms with van der Waals surface area (Å²) >= 11 is 3.71. The standard InChI is InChI=1S/C23H33BrN6O/c24-19-13-26-30-21(27-17-4-3-16(25)12-17)18-11-15(14-29-7-9-31-10-8-29)23(5-1-2-6-23)20(18)28-22(19)30/h13,15-17,27H,1-12,14,25H2/t15?,16-,17-/m0/s1. The van der Waals surface area contributed by atoms with E-state index in [2.05, 4.69) is 26.1 Å². The molecule has 8 heteroatoms. The summed E-state index contributed by atoms with van der Waals surface area (Å²) in [6.45, 7) is 4.98. The van der Waals surface area contributed by atoms with E-state index in [-0.39, 0.29) is 5.41 Å². The first kappa shape index (κ1) is 20.4. The molecule has 0 aromatic carbocycles. The van der Waals surface area contributed by atoms with E-state index in [1.54, 1.807) is 0 Å². The van der Waals surface area contributed by atoms with Gasteiger partial charge in [-0.25, -0.2) is 4.98 Å². The molecule has 3 atom stereocenters. The summed E-state index contributed by atoms with van der Waals surface area (Å²) in [6, 6.07) is 0.730. The molecule has 1 unspecified atom stereocenters. The van der Waals surface area contributed by atoms with E-state index < -0.39 is 0 Å². The number of nitrogens with two attached hydrogens (primary N) is 1. The molecular weight excluding hydrogens is 456 g/mol. The SMILES string of the molecule is N[C@H]1CC[C@H](Nc2c3c(nc4c(Br)cnn24)C2(CCCC2)C(CN2CCOCC2)C3)C1. The lowest BCUT2D eigenvalue weighted by Gasteiger charge is -2.36. The predicted molar refractivity (Wildman–Crippen MR) is 125 cm³/mol. The van der Waals surface area contributed by atoms with Gasteiger partial charge in [-0.3, -0.25) is 4.90 Å². The Morgan fingerprint density at radius 1 is 1.23 bits per heavy atom. The molecule has 6 rings (SSSR count). The zero-order valence-electron chi connectivity index (χ0n) is 18.2. The van der Waals surface area contributed by atoms with Crippen LogP contribution in [0.4, 0.5) is 5.82 Å². The van der Waals surface area contributed by atoms with Crippen LogP contribution in [0.1, 0.15) is 56.2 Å². The summed E-state index contributed by atoms with van der Waals surface area (Å²) in [6.07, 6.45) is 11.4. The normalized spacial score (nSPS) is 30.5. The minimum Gasteiger partial charge on any atom is -0.379 e. The van der Waals surface area contributed by atoms with Gasteiger partial charge in [0.2, 0.25) is 0 Å². The molecule has 7 nitrogen and oxygen atoms in total. The molecule has 4 aliphatic rings. The van der Waals surface area contributed by atoms with Crippen LogP contribution in [0.2, 0.25) is 0 Å². The summed E-state index contributed by atoms with van der Waals surface area (Å²) < 4.78 is 8.62. The molecule has 3 fully saturated rings. The molecule has 3 heterocycles. The largest absolute Gasteiger partial charge is 0.379 e. The Morgan fingerprint density at radius 3 is 2.77 bits per heavy atom. The highest BCUT2D eigenvalue weighted by Crippen LogP contribution is 2.54. The predicted octanol–water partition coefficient (Wildman–Crippen LogP) is 3.10. The molecule has 2 aromatic heterocycles. The fourth-order valence-electron chi connectivity index (χ4n) is 6.71. The van der Waals surface area contributed by atoms with Crippen molar-refractivity contribution in [1.82, 2.24) is 19.5 Å². The maximum atomic E-state index is 6.23. The lowest BCUT2D eigenvalue weighted by atomic mass is 9.75. The molecule has 3 aliphatic carbocycles. The molecule has 0 bridgehead atoms. The molecule has 2 aromatic rings. The molecule has 1 aliphatic heterocycles. The first-order valence-electron chi connectivity index (χ1n) is 12.0. The van der Waals surface area contributed by atoms with Crippen molar-refractivity contribution in [3.63, 3.8) is 0 Å². The smallest absolute Gasteiger partial charge is 0.171 e. The van der Waals surface area contributed by atoms with Crippen LogP contribution in [0.5, 0.6) is 0 Å². The van der Waals surface area contributed by atoms with E-state index in [1.165, 1.54) is 42.8 Å². The molecule has 0 amide bonds. The van der Waals surface area contributed by atoms with E-state index in [0.29, 0.717) is 18.0 Å². The van der Waals surface area contributed by atoms with Gasteiger partial charge in [0.15, 0.2) is 5.65 Å². The Morgan fingerprint density at radius 2 is 2.03 bits per heavy atom. The Labute approximate surface area is 192 Å². The first-order chi connectivity index (χ1) is 15.1. The van der Waals surface area contributed by atoms with Crippen molar-refractivity contribution in [2.45, 2.75) is 68.9 Å². The highest BCUT2D eigenvalue weighted by molar-refractivity contribution is 9.10. The van der Waals surface area contributed by atoms with Crippen LogP contribution in [-0.4, -0.2) is 64.4 Å². The second-order valence-electron chi connectivity index (χ2n) is 10.1. The second kappa shape index (κ2) is 7.97. The monoisotopic (exact) mass is 488 g/mol. The summed E-state index contributed by atoms with van der Waals surface area (Å²) in [4.78, 5) is 7.91. The zero-order valence-corrected chi connectivity index (χ0v) is 19.7. The van der Waals surface area contributed by atoms with Gasteiger partial charge in [0, 0.05) is 42.7 Å². The van der Waals surface area contributed by atoms with Crippen LogP contribution >= 0.6 is 15.9 Å². The first-order valence-corrected chi connectivity index (χ1v) is 12.8. The number of fused-ring (bicyclic) bond motifs is 3. The third kappa shape index (κ3) is 3.41. The summed E-state index contributed by atoms with van der Waals surface area (Å²) in [5.74, 6) is 1.79. The topological polar surface area (TPSA) is 80.7 Å². The van der Waals surface area contributed by atoms with Crippen molar-refractivity contribution in [2.24, 2.45) is 11.7 Å². The van der Waals surface area contributed by atoms with Gasteiger partial charge in [0.1, 0.15) is 5.82 Å². The number of aromatic nitrogens is 3. The maximum Gasteiger partial charge on any atom is 0.171 e. The average Bonchev–Trinajstić information content (AvgIpc) is 3.55. The van der Waals surface area contributed by atoms with Crippen molar-refractivity contribution < 1.29 is 4.74 Å². The Balaban J connectivity index is 1.42. The van der Waals surface area contributed by atoms with Gasteiger partial charge < -0.3 is 15.8 Å². The van der Waals surface area contributed by atoms with E-state index in [0.717, 1.165) is 68.7 Å². The van der Waals surface area contributed by atoms with Crippen LogP contribution in [-0.2, 0) is 16.6 Å². The number of rotatable bonds is 4. The van der Waals surface area contributed by atoms with Crippen LogP contribution in [0.25, 0.3) is 5.65 Å². The van der Waals surface area contributed by atoms with Crippen molar-refractivity contribution >= 4 is 27.4 Å². The van der Waals surface area contributed by atoms with Crippen molar-refractivity contribution in [3.8, 4) is 0 Å². The molecule has 0 radical (unpaired) electrons. The maximum absolute atomic E-state index is 6.23. The quantitative estimate of drug-likeness (QED) is 0.687. The van der Waals surface area contributed by atoms with Crippen LogP contribution in [0.3, 0.4) is 0 Å². The number of nitrogens with zero attached hydrogens (tertiary/aromatic N) is 4. The Kier molecular flexibility index (Phi) is 5.24. The molecule has 1 spiro atoms. The van der Waals surface area contributed by atoms with Gasteiger partial charge in [0.25, 0.3) is 0 Å². The van der Waals surface area contributed by atoms with Crippen molar-refractivity contribution in [2.75, 3.05) is 38.2 Å². The summed E-state index contributed by atoms with van der Waals surface area (Å²) in [7, 11) is 0. The van der Waals surface area contributed by atoms with Crippen molar-refractivity contribution in [3.05, 3.63) is 21.9 Å². The van der Waals surface area contributed by atoms with Gasteiger partial charge in [-0.2, -0.15) is 9.61 Å². The Hall–Kier alpha value is -1.22. The van der Waals surface area contributed by atoms with Gasteiger partial charge in [-0.1, -0.05) is 12.8 Å². The number of hydrogen-bond donors (Lipinski definition) is 2. The van der Waals surface area contributed by atoms with E-state index >= 15 is 0 Å². The zero-order chi connectivity index (χ0) is 21.0. The van der Waals surface area contributed by atoms with E-state index in [9.17, 15) is 0 Å². The summed E-state index contributed by atoms with van der Waals surface area (Å²) in [5.41, 5.74) is 10.1. The van der Waals surface area contributed by atoms with E-state index in [4.69, 9.17) is 20.6 Å². The average molecular weight is 489 g/mol. The van der Waals surface area contributed by atoms with Gasteiger partial charge in [-0.15, -0.1) is 0 Å². The number of hydrogen-bond acceptors (Lipinski definition) is 6. The highest BCUT2D eigenvalue weighted by atomic mass is 79.9. The third-order valence-electron chi connectivity index (χ3n) is 8.30. The highest BCUT2D eigenvalue weighted by Gasteiger charge is 2.51. The number of nitrogens with one attached hydrogen (secondary N) is 1. The van der Waals surface area contributed by atoms with Crippen LogP contribution in [0.15, 0.2) is 10.7 Å². The Bertz CT molecular complexity index is 965. The lowest BCUT2D eigenvalue weighted by Crippen LogP contribution is -2.43. The van der Waals surface area contributed by atoms with E-state index in [1.807, 2.05) is 10.7 Å². The minimum absolute atomic E-state index is 0.210. The van der Waals surface area contributed by atoms with Crippen molar-refractivity contribution in [1.29, 1.82) is 0 Å². The molecule has 168 valence electrons. The molecule has 2 saturated carbocycles. The molecule has 31 heavy (non-hydrogen) atoms.